The number of carbonyl (C=O) groups is 1. The smallest absolute Gasteiger partial charge is 0.306 e. The van der Waals surface area contributed by atoms with E-state index in [0.29, 0.717) is 10.8 Å². The fourth-order valence-corrected chi connectivity index (χ4v) is 4.02. The number of ether oxygens (including phenoxy) is 1. The first-order valence-electron chi connectivity index (χ1n) is 9.96. The zero-order valence-electron chi connectivity index (χ0n) is 17.7. The second kappa shape index (κ2) is 8.81. The van der Waals surface area contributed by atoms with Crippen molar-refractivity contribution >= 4 is 33.5 Å². The Balaban J connectivity index is 2.20. The highest BCUT2D eigenvalue weighted by Crippen LogP contribution is 2.45. The molecule has 1 heterocycles. The van der Waals surface area contributed by atoms with Crippen LogP contribution in [-0.2, 0) is 9.53 Å². The Bertz CT molecular complexity index is 1570. The fraction of sp³-hybridized carbons (Fsp3) is 0.125. The second-order valence-electron chi connectivity index (χ2n) is 7.30. The molecule has 1 atom stereocenters. The third-order valence-electron chi connectivity index (χ3n) is 5.51. The number of phenolic OH excluding ortho intramolecular Hbond substituents is 1. The molecule has 0 saturated heterocycles. The molecule has 166 valence electrons. The number of methoxy groups -OCH3 is 1. The molecule has 10 heteroatoms. The van der Waals surface area contributed by atoms with E-state index in [-0.39, 0.29) is 51.4 Å². The van der Waals surface area contributed by atoms with Gasteiger partial charge in [0.25, 0.3) is 5.69 Å². The maximum Gasteiger partial charge on any atom is 0.306 e. The van der Waals surface area contributed by atoms with Crippen LogP contribution in [0, 0.1) is 32.8 Å². The van der Waals surface area contributed by atoms with Crippen LogP contribution in [-0.4, -0.2) is 33.1 Å². The van der Waals surface area contributed by atoms with Gasteiger partial charge in [0.15, 0.2) is 11.4 Å². The van der Waals surface area contributed by atoms with Gasteiger partial charge in [-0.15, -0.1) is 0 Å². The number of aromatic nitrogens is 2. The van der Waals surface area contributed by atoms with Gasteiger partial charge in [0.05, 0.1) is 29.5 Å². The third-order valence-corrected chi connectivity index (χ3v) is 5.51. The molecule has 0 amide bonds. The number of carbonyl (C=O) groups excluding carboxylic acids is 1. The average Bonchev–Trinajstić information content (AvgIpc) is 2.87. The van der Waals surface area contributed by atoms with E-state index < -0.39 is 16.8 Å². The highest BCUT2D eigenvalue weighted by molar-refractivity contribution is 6.09. The SMILES string of the molecule is COC(=O)CC(c1ccccc1[N+](=O)[O-])c1c(O)c2ccccc2c2nc(C#N)c(C#N)nc12. The quantitative estimate of drug-likeness (QED) is 0.205. The van der Waals surface area contributed by atoms with Gasteiger partial charge in [-0.3, -0.25) is 14.9 Å². The lowest BCUT2D eigenvalue weighted by Gasteiger charge is -2.21. The van der Waals surface area contributed by atoms with Crippen molar-refractivity contribution < 1.29 is 19.6 Å². The van der Waals surface area contributed by atoms with Gasteiger partial charge in [-0.25, -0.2) is 9.97 Å². The Morgan fingerprint density at radius 2 is 1.65 bits per heavy atom. The number of esters is 1. The van der Waals surface area contributed by atoms with Crippen molar-refractivity contribution in [1.82, 2.24) is 9.97 Å². The molecular weight excluding hydrogens is 438 g/mol. The van der Waals surface area contributed by atoms with E-state index in [1.54, 1.807) is 30.3 Å². The van der Waals surface area contributed by atoms with Crippen LogP contribution >= 0.6 is 0 Å². The zero-order chi connectivity index (χ0) is 24.4. The summed E-state index contributed by atoms with van der Waals surface area (Å²) in [6, 6.07) is 16.2. The predicted octanol–water partition coefficient (Wildman–Crippen LogP) is 3.84. The number of rotatable bonds is 5. The summed E-state index contributed by atoms with van der Waals surface area (Å²) in [6.07, 6.45) is -0.355. The molecule has 0 saturated carbocycles. The first-order chi connectivity index (χ1) is 16.4. The lowest BCUT2D eigenvalue weighted by Crippen LogP contribution is -2.13. The van der Waals surface area contributed by atoms with Crippen molar-refractivity contribution in [2.45, 2.75) is 12.3 Å². The van der Waals surface area contributed by atoms with E-state index in [2.05, 4.69) is 9.97 Å². The summed E-state index contributed by atoms with van der Waals surface area (Å²) in [5.74, 6) is -2.00. The van der Waals surface area contributed by atoms with E-state index >= 15 is 0 Å². The summed E-state index contributed by atoms with van der Waals surface area (Å²) in [4.78, 5) is 32.2. The van der Waals surface area contributed by atoms with Crippen LogP contribution in [0.25, 0.3) is 21.8 Å². The lowest BCUT2D eigenvalue weighted by molar-refractivity contribution is -0.385. The molecule has 0 fully saturated rings. The second-order valence-corrected chi connectivity index (χ2v) is 7.30. The number of benzene rings is 3. The van der Waals surface area contributed by atoms with Crippen LogP contribution < -0.4 is 0 Å². The number of hydrogen-bond acceptors (Lipinski definition) is 9. The molecule has 3 aromatic carbocycles. The Morgan fingerprint density at radius 1 is 1.06 bits per heavy atom. The van der Waals surface area contributed by atoms with Crippen LogP contribution in [0.5, 0.6) is 5.75 Å². The number of phenols is 1. The fourth-order valence-electron chi connectivity index (χ4n) is 4.02. The summed E-state index contributed by atoms with van der Waals surface area (Å²) in [6.45, 7) is 0. The number of fused-ring (bicyclic) bond motifs is 3. The minimum Gasteiger partial charge on any atom is -0.507 e. The molecule has 10 nitrogen and oxygen atoms in total. The van der Waals surface area contributed by atoms with Gasteiger partial charge in [0, 0.05) is 33.9 Å². The average molecular weight is 453 g/mol. The van der Waals surface area contributed by atoms with Crippen LogP contribution in [0.4, 0.5) is 5.69 Å². The van der Waals surface area contributed by atoms with Gasteiger partial charge in [0.2, 0.25) is 0 Å². The van der Waals surface area contributed by atoms with Crippen molar-refractivity contribution in [2.24, 2.45) is 0 Å². The van der Waals surface area contributed by atoms with Crippen LogP contribution in [0.1, 0.15) is 34.9 Å². The number of hydrogen-bond donors (Lipinski definition) is 1. The highest BCUT2D eigenvalue weighted by Gasteiger charge is 2.32. The molecule has 1 unspecified atom stereocenters. The molecule has 0 aliphatic heterocycles. The van der Waals surface area contributed by atoms with E-state index in [4.69, 9.17) is 4.74 Å². The number of aromatic hydroxyl groups is 1. The topological polar surface area (TPSA) is 163 Å². The number of nitro groups is 1. The van der Waals surface area contributed by atoms with Gasteiger partial charge in [-0.05, 0) is 0 Å². The molecule has 0 aliphatic rings. The van der Waals surface area contributed by atoms with Gasteiger partial charge in [-0.1, -0.05) is 42.5 Å². The van der Waals surface area contributed by atoms with Crippen molar-refractivity contribution in [2.75, 3.05) is 7.11 Å². The summed E-state index contributed by atoms with van der Waals surface area (Å²) in [5, 5.41) is 42.9. The predicted molar refractivity (Wildman–Crippen MR) is 120 cm³/mol. The summed E-state index contributed by atoms with van der Waals surface area (Å²) in [5.41, 5.74) is -0.251. The van der Waals surface area contributed by atoms with Crippen molar-refractivity contribution in [3.8, 4) is 17.9 Å². The Morgan fingerprint density at radius 3 is 2.26 bits per heavy atom. The Kier molecular flexibility index (Phi) is 5.73. The van der Waals surface area contributed by atoms with Gasteiger partial charge in [0.1, 0.15) is 17.9 Å². The van der Waals surface area contributed by atoms with Gasteiger partial charge < -0.3 is 9.84 Å². The van der Waals surface area contributed by atoms with Gasteiger partial charge in [-0.2, -0.15) is 10.5 Å². The first-order valence-corrected chi connectivity index (χ1v) is 9.96. The number of nitro benzene ring substituents is 1. The molecule has 0 bridgehead atoms. The van der Waals surface area contributed by atoms with E-state index in [9.17, 15) is 30.5 Å². The maximum absolute atomic E-state index is 12.4. The van der Waals surface area contributed by atoms with E-state index in [1.165, 1.54) is 25.3 Å². The third kappa shape index (κ3) is 3.59. The molecule has 1 aromatic heterocycles. The summed E-state index contributed by atoms with van der Waals surface area (Å²) >= 11 is 0. The summed E-state index contributed by atoms with van der Waals surface area (Å²) in [7, 11) is 1.18. The number of nitriles is 2. The molecule has 4 aromatic rings. The molecule has 0 aliphatic carbocycles. The van der Waals surface area contributed by atoms with E-state index in [1.807, 2.05) is 12.1 Å². The molecular formula is C24H15N5O5. The molecule has 1 N–H and O–H groups in total. The number of para-hydroxylation sites is 1. The standard InChI is InChI=1S/C24H15N5O5/c1-34-20(30)10-16(13-6-4-5-9-19(13)29(32)33)21-23-22(27-17(11-25)18(12-26)28-23)14-7-2-3-8-15(14)24(21)31/h2-9,16,31H,10H2,1H3. The van der Waals surface area contributed by atoms with Gasteiger partial charge >= 0.3 is 5.97 Å². The Hall–Kier alpha value is -5.09. The van der Waals surface area contributed by atoms with E-state index in [0.717, 1.165) is 0 Å². The minimum absolute atomic E-state index is 0.0544. The van der Waals surface area contributed by atoms with Crippen LogP contribution in [0.3, 0.4) is 0 Å². The monoisotopic (exact) mass is 453 g/mol. The highest BCUT2D eigenvalue weighted by atomic mass is 16.6. The normalized spacial score (nSPS) is 11.5. The van der Waals surface area contributed by atoms with Crippen molar-refractivity contribution in [3.05, 3.63) is 81.2 Å². The molecule has 34 heavy (non-hydrogen) atoms. The Labute approximate surface area is 192 Å². The molecule has 0 spiro atoms. The zero-order valence-corrected chi connectivity index (χ0v) is 17.7. The maximum atomic E-state index is 12.4. The van der Waals surface area contributed by atoms with Crippen molar-refractivity contribution in [3.63, 3.8) is 0 Å². The largest absolute Gasteiger partial charge is 0.507 e. The van der Waals surface area contributed by atoms with Crippen molar-refractivity contribution in [1.29, 1.82) is 10.5 Å². The number of nitrogens with zero attached hydrogens (tertiary/aromatic N) is 5. The lowest BCUT2D eigenvalue weighted by atomic mass is 9.84. The molecule has 0 radical (unpaired) electrons. The first kappa shape index (κ1) is 22.1. The summed E-state index contributed by atoms with van der Waals surface area (Å²) < 4.78 is 4.82. The van der Waals surface area contributed by atoms with Crippen LogP contribution in [0.15, 0.2) is 48.5 Å². The minimum atomic E-state index is -1.06. The molecule has 4 rings (SSSR count). The van der Waals surface area contributed by atoms with Crippen LogP contribution in [0.2, 0.25) is 0 Å².